The van der Waals surface area contributed by atoms with Gasteiger partial charge in [0.25, 0.3) is 0 Å². The second-order valence-electron chi connectivity index (χ2n) is 8.28. The van der Waals surface area contributed by atoms with Crippen LogP contribution in [-0.4, -0.2) is 80.7 Å². The van der Waals surface area contributed by atoms with Gasteiger partial charge in [-0.3, -0.25) is 14.7 Å². The molecule has 7 nitrogen and oxygen atoms in total. The lowest BCUT2D eigenvalue weighted by atomic mass is 10.2. The molecule has 0 spiro atoms. The summed E-state index contributed by atoms with van der Waals surface area (Å²) < 4.78 is 5.88. The number of morpholine rings is 1. The number of nitrogens with zero attached hydrogens (tertiary/aromatic N) is 3. The molecule has 2 N–H and O–H groups in total. The predicted octanol–water partition coefficient (Wildman–Crippen LogP) is 1.95. The van der Waals surface area contributed by atoms with E-state index in [1.54, 1.807) is 4.90 Å². The molecule has 30 heavy (non-hydrogen) atoms. The summed E-state index contributed by atoms with van der Waals surface area (Å²) in [5.41, 5.74) is 1.13. The zero-order chi connectivity index (χ0) is 21.8. The van der Waals surface area contributed by atoms with Crippen molar-refractivity contribution < 1.29 is 9.53 Å². The molecule has 7 heteroatoms. The first-order chi connectivity index (χ1) is 14.5. The number of ether oxygens (including phenoxy) is 1. The van der Waals surface area contributed by atoms with Crippen LogP contribution in [0.25, 0.3) is 0 Å². The zero-order valence-electron chi connectivity index (χ0n) is 19.1. The number of guanidine groups is 1. The third kappa shape index (κ3) is 9.13. The summed E-state index contributed by atoms with van der Waals surface area (Å²) in [6, 6.07) is 10.0. The summed E-state index contributed by atoms with van der Waals surface area (Å²) in [6.45, 7) is 12.9. The Kier molecular flexibility index (Phi) is 10.7. The molecule has 1 heterocycles. The molecule has 2 rings (SSSR count). The van der Waals surface area contributed by atoms with Gasteiger partial charge in [0.05, 0.1) is 19.3 Å². The first-order valence-electron chi connectivity index (χ1n) is 11.1. The van der Waals surface area contributed by atoms with E-state index in [4.69, 9.17) is 4.74 Å². The summed E-state index contributed by atoms with van der Waals surface area (Å²) in [5.74, 6) is 1.51. The van der Waals surface area contributed by atoms with E-state index >= 15 is 0 Å². The van der Waals surface area contributed by atoms with Gasteiger partial charge < -0.3 is 20.3 Å². The van der Waals surface area contributed by atoms with Crippen molar-refractivity contribution in [1.82, 2.24) is 20.4 Å². The highest BCUT2D eigenvalue weighted by molar-refractivity contribution is 5.81. The van der Waals surface area contributed by atoms with E-state index < -0.39 is 0 Å². The molecule has 0 radical (unpaired) electrons. The van der Waals surface area contributed by atoms with Gasteiger partial charge in [0.2, 0.25) is 5.91 Å². The van der Waals surface area contributed by atoms with Crippen molar-refractivity contribution in [2.24, 2.45) is 10.9 Å². The molecule has 0 aromatic heterocycles. The summed E-state index contributed by atoms with van der Waals surface area (Å²) >= 11 is 0. The number of benzene rings is 1. The highest BCUT2D eigenvalue weighted by Gasteiger charge is 2.20. The molecule has 0 aliphatic carbocycles. The van der Waals surface area contributed by atoms with E-state index in [1.807, 2.05) is 44.3 Å². The van der Waals surface area contributed by atoms with Gasteiger partial charge in [-0.1, -0.05) is 44.2 Å². The minimum absolute atomic E-state index is 0.113. The number of amides is 1. The van der Waals surface area contributed by atoms with Crippen LogP contribution in [-0.2, 0) is 16.1 Å². The molecule has 0 saturated carbocycles. The van der Waals surface area contributed by atoms with Crippen LogP contribution in [0.3, 0.4) is 0 Å². The van der Waals surface area contributed by atoms with Gasteiger partial charge >= 0.3 is 0 Å². The molecule has 1 unspecified atom stereocenters. The van der Waals surface area contributed by atoms with Gasteiger partial charge in [0.15, 0.2) is 5.96 Å². The summed E-state index contributed by atoms with van der Waals surface area (Å²) in [4.78, 5) is 21.3. The maximum Gasteiger partial charge on any atom is 0.224 e. The third-order valence-corrected chi connectivity index (χ3v) is 4.96. The summed E-state index contributed by atoms with van der Waals surface area (Å²) in [6.07, 6.45) is 0.544. The lowest BCUT2D eigenvalue weighted by molar-refractivity contribution is -0.130. The Labute approximate surface area is 181 Å². The SMILES string of the molecule is CCNC(=NCC1CN(CC(C)C)CCO1)NCCC(=O)N(C)Cc1ccccc1. The van der Waals surface area contributed by atoms with Crippen LogP contribution in [0.2, 0.25) is 0 Å². The smallest absolute Gasteiger partial charge is 0.224 e. The summed E-state index contributed by atoms with van der Waals surface area (Å²) in [5, 5.41) is 6.53. The molecular formula is C23H39N5O2. The van der Waals surface area contributed by atoms with E-state index in [0.717, 1.165) is 44.3 Å². The van der Waals surface area contributed by atoms with Crippen molar-refractivity contribution in [2.75, 3.05) is 52.9 Å². The first kappa shape index (κ1) is 24.2. The number of carbonyl (C=O) groups excluding carboxylic acids is 1. The Balaban J connectivity index is 1.75. The lowest BCUT2D eigenvalue weighted by Gasteiger charge is -2.33. The Morgan fingerprint density at radius 3 is 2.77 bits per heavy atom. The number of nitrogens with one attached hydrogen (secondary N) is 2. The van der Waals surface area contributed by atoms with E-state index in [9.17, 15) is 4.79 Å². The van der Waals surface area contributed by atoms with Crippen LogP contribution < -0.4 is 10.6 Å². The monoisotopic (exact) mass is 417 g/mol. The number of aliphatic imine (C=N–C) groups is 1. The fourth-order valence-corrected chi connectivity index (χ4v) is 3.53. The average molecular weight is 418 g/mol. The van der Waals surface area contributed by atoms with Crippen molar-refractivity contribution in [2.45, 2.75) is 39.8 Å². The lowest BCUT2D eigenvalue weighted by Crippen LogP contribution is -2.46. The molecule has 0 bridgehead atoms. The Bertz CT molecular complexity index is 650. The number of hydrogen-bond donors (Lipinski definition) is 2. The Morgan fingerprint density at radius 2 is 2.07 bits per heavy atom. The molecule has 1 aliphatic heterocycles. The first-order valence-corrected chi connectivity index (χ1v) is 11.1. The second-order valence-corrected chi connectivity index (χ2v) is 8.28. The third-order valence-electron chi connectivity index (χ3n) is 4.96. The molecule has 1 atom stereocenters. The van der Waals surface area contributed by atoms with Crippen molar-refractivity contribution in [1.29, 1.82) is 0 Å². The van der Waals surface area contributed by atoms with Crippen LogP contribution in [0.1, 0.15) is 32.8 Å². The van der Waals surface area contributed by atoms with Crippen LogP contribution in [0.4, 0.5) is 0 Å². The van der Waals surface area contributed by atoms with Gasteiger partial charge in [-0.2, -0.15) is 0 Å². The molecule has 1 aliphatic rings. The van der Waals surface area contributed by atoms with E-state index in [0.29, 0.717) is 32.0 Å². The van der Waals surface area contributed by atoms with Crippen molar-refractivity contribution in [3.63, 3.8) is 0 Å². The van der Waals surface area contributed by atoms with Crippen molar-refractivity contribution in [3.8, 4) is 0 Å². The van der Waals surface area contributed by atoms with Crippen molar-refractivity contribution >= 4 is 11.9 Å². The predicted molar refractivity (Wildman–Crippen MR) is 123 cm³/mol. The zero-order valence-corrected chi connectivity index (χ0v) is 19.1. The molecular weight excluding hydrogens is 378 g/mol. The minimum Gasteiger partial charge on any atom is -0.374 e. The van der Waals surface area contributed by atoms with Crippen molar-refractivity contribution in [3.05, 3.63) is 35.9 Å². The standard InChI is InChI=1S/C23H39N5O2/c1-5-24-23(26-15-21-18-28(13-14-30-21)16-19(2)3)25-12-11-22(29)27(4)17-20-9-7-6-8-10-20/h6-10,19,21H,5,11-18H2,1-4H3,(H2,24,25,26). The number of hydrogen-bond acceptors (Lipinski definition) is 4. The number of carbonyl (C=O) groups is 1. The fourth-order valence-electron chi connectivity index (χ4n) is 3.53. The topological polar surface area (TPSA) is 69.2 Å². The Morgan fingerprint density at radius 1 is 1.30 bits per heavy atom. The Hall–Kier alpha value is -2.12. The highest BCUT2D eigenvalue weighted by Crippen LogP contribution is 2.08. The van der Waals surface area contributed by atoms with Gasteiger partial charge in [-0.15, -0.1) is 0 Å². The normalized spacial score (nSPS) is 17.8. The van der Waals surface area contributed by atoms with E-state index in [-0.39, 0.29) is 12.0 Å². The van der Waals surface area contributed by atoms with Gasteiger partial charge in [-0.05, 0) is 18.4 Å². The van der Waals surface area contributed by atoms with Gasteiger partial charge in [-0.25, -0.2) is 0 Å². The van der Waals surface area contributed by atoms with E-state index in [2.05, 4.69) is 34.4 Å². The molecule has 1 fully saturated rings. The fraction of sp³-hybridized carbons (Fsp3) is 0.652. The van der Waals surface area contributed by atoms with Crippen LogP contribution in [0.5, 0.6) is 0 Å². The largest absolute Gasteiger partial charge is 0.374 e. The van der Waals surface area contributed by atoms with Crippen LogP contribution in [0, 0.1) is 5.92 Å². The quantitative estimate of drug-likeness (QED) is 0.450. The molecule has 1 aromatic rings. The maximum absolute atomic E-state index is 12.4. The molecule has 168 valence electrons. The van der Waals surface area contributed by atoms with Gasteiger partial charge in [0, 0.05) is 52.7 Å². The van der Waals surface area contributed by atoms with Crippen LogP contribution in [0.15, 0.2) is 35.3 Å². The number of rotatable bonds is 10. The highest BCUT2D eigenvalue weighted by atomic mass is 16.5. The molecule has 1 aromatic carbocycles. The molecule has 1 amide bonds. The molecule has 1 saturated heterocycles. The maximum atomic E-state index is 12.4. The van der Waals surface area contributed by atoms with Crippen LogP contribution >= 0.6 is 0 Å². The average Bonchev–Trinajstić information content (AvgIpc) is 2.72. The second kappa shape index (κ2) is 13.2. The minimum atomic E-state index is 0.113. The van der Waals surface area contributed by atoms with E-state index in [1.165, 1.54) is 0 Å². The van der Waals surface area contributed by atoms with Gasteiger partial charge in [0.1, 0.15) is 0 Å². The summed E-state index contributed by atoms with van der Waals surface area (Å²) in [7, 11) is 1.85.